The zero-order valence-corrected chi connectivity index (χ0v) is 12.2. The first-order valence-electron chi connectivity index (χ1n) is 8.28. The van der Waals surface area contributed by atoms with Crippen LogP contribution in [0.5, 0.6) is 0 Å². The zero-order chi connectivity index (χ0) is 12.8. The highest BCUT2D eigenvalue weighted by atomic mass is 16.1. The Morgan fingerprint density at radius 1 is 1.06 bits per heavy atom. The molecule has 2 aliphatic rings. The Hall–Kier alpha value is -0.330. The molecule has 0 amide bonds. The lowest BCUT2D eigenvalue weighted by molar-refractivity contribution is -0.123. The highest BCUT2D eigenvalue weighted by molar-refractivity contribution is 5.79. The molecule has 1 heteroatoms. The van der Waals surface area contributed by atoms with E-state index in [0.29, 0.717) is 11.2 Å². The van der Waals surface area contributed by atoms with Gasteiger partial charge in [0, 0.05) is 12.8 Å². The van der Waals surface area contributed by atoms with Crippen molar-refractivity contribution in [3.63, 3.8) is 0 Å². The first-order valence-corrected chi connectivity index (χ1v) is 8.28. The highest BCUT2D eigenvalue weighted by Gasteiger charge is 2.40. The van der Waals surface area contributed by atoms with E-state index >= 15 is 0 Å². The molecule has 0 bridgehead atoms. The van der Waals surface area contributed by atoms with Crippen molar-refractivity contribution in [3.05, 3.63) is 0 Å². The molecule has 0 atom stereocenters. The molecule has 104 valence electrons. The summed E-state index contributed by atoms with van der Waals surface area (Å²) in [5.74, 6) is 1.47. The lowest BCUT2D eigenvalue weighted by Gasteiger charge is -2.45. The van der Waals surface area contributed by atoms with E-state index in [9.17, 15) is 4.79 Å². The molecule has 18 heavy (non-hydrogen) atoms. The maximum Gasteiger partial charge on any atom is 0.132 e. The molecule has 0 saturated heterocycles. The van der Waals surface area contributed by atoms with Crippen LogP contribution in [0, 0.1) is 11.3 Å². The van der Waals surface area contributed by atoms with Gasteiger partial charge in [0.15, 0.2) is 0 Å². The van der Waals surface area contributed by atoms with Crippen LogP contribution in [-0.2, 0) is 4.79 Å². The molecule has 0 radical (unpaired) electrons. The van der Waals surface area contributed by atoms with Gasteiger partial charge in [-0.1, -0.05) is 45.4 Å². The average Bonchev–Trinajstić information content (AvgIpc) is 2.43. The van der Waals surface area contributed by atoms with E-state index < -0.39 is 0 Å². The predicted octanol–water partition coefficient (Wildman–Crippen LogP) is 5.28. The zero-order valence-electron chi connectivity index (χ0n) is 12.2. The standard InChI is InChI=1S/C17H30O/c1-2-3-7-12-17(13-10-16(18)11-14-17)15-8-5-4-6-9-15/h15H,2-14H2,1H3. The second-order valence-electron chi connectivity index (χ2n) is 6.69. The molecule has 0 aliphatic heterocycles. The van der Waals surface area contributed by atoms with Gasteiger partial charge in [-0.15, -0.1) is 0 Å². The summed E-state index contributed by atoms with van der Waals surface area (Å²) in [6.45, 7) is 2.29. The lowest BCUT2D eigenvalue weighted by atomic mass is 9.59. The third-order valence-corrected chi connectivity index (χ3v) is 5.55. The highest BCUT2D eigenvalue weighted by Crippen LogP contribution is 2.50. The van der Waals surface area contributed by atoms with Gasteiger partial charge < -0.3 is 0 Å². The van der Waals surface area contributed by atoms with Gasteiger partial charge in [-0.25, -0.2) is 0 Å². The minimum absolute atomic E-state index is 0.525. The van der Waals surface area contributed by atoms with E-state index in [0.717, 1.165) is 18.8 Å². The first-order chi connectivity index (χ1) is 8.77. The fourth-order valence-electron chi connectivity index (χ4n) is 4.33. The minimum atomic E-state index is 0.525. The SMILES string of the molecule is CCCCCC1(C2CCCCC2)CCC(=O)CC1. The fraction of sp³-hybridized carbons (Fsp3) is 0.941. The van der Waals surface area contributed by atoms with Crippen LogP contribution in [0.15, 0.2) is 0 Å². The Morgan fingerprint density at radius 3 is 2.33 bits per heavy atom. The van der Waals surface area contributed by atoms with Crippen LogP contribution >= 0.6 is 0 Å². The quantitative estimate of drug-likeness (QED) is 0.607. The minimum Gasteiger partial charge on any atom is -0.300 e. The monoisotopic (exact) mass is 250 g/mol. The maximum absolute atomic E-state index is 11.6. The lowest BCUT2D eigenvalue weighted by Crippen LogP contribution is -2.36. The van der Waals surface area contributed by atoms with Crippen molar-refractivity contribution >= 4 is 5.78 Å². The molecule has 1 nitrogen and oxygen atoms in total. The molecule has 2 fully saturated rings. The third kappa shape index (κ3) is 3.36. The van der Waals surface area contributed by atoms with Crippen molar-refractivity contribution in [2.45, 2.75) is 90.4 Å². The molecule has 0 unspecified atom stereocenters. The van der Waals surface area contributed by atoms with Crippen LogP contribution in [0.4, 0.5) is 0 Å². The number of carbonyl (C=O) groups excluding carboxylic acids is 1. The number of rotatable bonds is 5. The van der Waals surface area contributed by atoms with E-state index in [1.807, 2.05) is 0 Å². The summed E-state index contributed by atoms with van der Waals surface area (Å²) >= 11 is 0. The summed E-state index contributed by atoms with van der Waals surface area (Å²) in [7, 11) is 0. The summed E-state index contributed by atoms with van der Waals surface area (Å²) in [5, 5.41) is 0. The van der Waals surface area contributed by atoms with Gasteiger partial charge in [0.25, 0.3) is 0 Å². The van der Waals surface area contributed by atoms with Gasteiger partial charge in [0.2, 0.25) is 0 Å². The van der Waals surface area contributed by atoms with Crippen LogP contribution in [0.25, 0.3) is 0 Å². The molecule has 0 heterocycles. The molecule has 2 rings (SSSR count). The smallest absolute Gasteiger partial charge is 0.132 e. The molecular weight excluding hydrogens is 220 g/mol. The number of hydrogen-bond acceptors (Lipinski definition) is 1. The molecule has 0 aromatic carbocycles. The van der Waals surface area contributed by atoms with Crippen molar-refractivity contribution in [2.24, 2.45) is 11.3 Å². The third-order valence-electron chi connectivity index (χ3n) is 5.55. The molecule has 2 aliphatic carbocycles. The van der Waals surface area contributed by atoms with Crippen LogP contribution in [-0.4, -0.2) is 5.78 Å². The van der Waals surface area contributed by atoms with Crippen LogP contribution in [0.1, 0.15) is 90.4 Å². The van der Waals surface area contributed by atoms with Gasteiger partial charge in [-0.3, -0.25) is 4.79 Å². The van der Waals surface area contributed by atoms with E-state index in [1.165, 1.54) is 70.6 Å². The normalized spacial score (nSPS) is 25.3. The molecule has 0 spiro atoms. The first kappa shape index (κ1) is 14.1. The van der Waals surface area contributed by atoms with Gasteiger partial charge in [0.05, 0.1) is 0 Å². The van der Waals surface area contributed by atoms with Crippen molar-refractivity contribution in [3.8, 4) is 0 Å². The van der Waals surface area contributed by atoms with E-state index in [2.05, 4.69) is 6.92 Å². The van der Waals surface area contributed by atoms with Crippen molar-refractivity contribution in [2.75, 3.05) is 0 Å². The Bertz CT molecular complexity index is 253. The number of carbonyl (C=O) groups is 1. The Balaban J connectivity index is 1.98. The van der Waals surface area contributed by atoms with Gasteiger partial charge in [-0.2, -0.15) is 0 Å². The van der Waals surface area contributed by atoms with Crippen LogP contribution < -0.4 is 0 Å². The molecule has 0 aromatic rings. The van der Waals surface area contributed by atoms with Crippen LogP contribution in [0.2, 0.25) is 0 Å². The van der Waals surface area contributed by atoms with Gasteiger partial charge in [-0.05, 0) is 43.4 Å². The van der Waals surface area contributed by atoms with Crippen molar-refractivity contribution in [1.82, 2.24) is 0 Å². The predicted molar refractivity (Wildman–Crippen MR) is 76.6 cm³/mol. The van der Waals surface area contributed by atoms with Gasteiger partial charge >= 0.3 is 0 Å². The maximum atomic E-state index is 11.6. The van der Waals surface area contributed by atoms with Crippen LogP contribution in [0.3, 0.4) is 0 Å². The molecule has 0 N–H and O–H groups in total. The fourth-order valence-corrected chi connectivity index (χ4v) is 4.33. The molecular formula is C17H30O. The second-order valence-corrected chi connectivity index (χ2v) is 6.69. The van der Waals surface area contributed by atoms with E-state index in [-0.39, 0.29) is 0 Å². The number of unbranched alkanes of at least 4 members (excludes halogenated alkanes) is 2. The summed E-state index contributed by atoms with van der Waals surface area (Å²) in [4.78, 5) is 11.6. The van der Waals surface area contributed by atoms with Crippen molar-refractivity contribution in [1.29, 1.82) is 0 Å². The van der Waals surface area contributed by atoms with Gasteiger partial charge in [0.1, 0.15) is 5.78 Å². The second kappa shape index (κ2) is 6.73. The number of ketones is 1. The molecule has 2 saturated carbocycles. The number of hydrogen-bond donors (Lipinski definition) is 0. The topological polar surface area (TPSA) is 17.1 Å². The number of Topliss-reactive ketones (excluding diaryl/α,β-unsaturated/α-hetero) is 1. The summed E-state index contributed by atoms with van der Waals surface area (Å²) in [5.41, 5.74) is 0.559. The molecule has 0 aromatic heterocycles. The Kier molecular flexibility index (Phi) is 5.26. The largest absolute Gasteiger partial charge is 0.300 e. The van der Waals surface area contributed by atoms with Crippen molar-refractivity contribution < 1.29 is 4.79 Å². The Labute approximate surface area is 113 Å². The summed E-state index contributed by atoms with van der Waals surface area (Å²) in [6, 6.07) is 0. The Morgan fingerprint density at radius 2 is 1.72 bits per heavy atom. The summed E-state index contributed by atoms with van der Waals surface area (Å²) in [6.07, 6.45) is 16.9. The summed E-state index contributed by atoms with van der Waals surface area (Å²) < 4.78 is 0. The average molecular weight is 250 g/mol. The van der Waals surface area contributed by atoms with E-state index in [1.54, 1.807) is 0 Å². The van der Waals surface area contributed by atoms with E-state index in [4.69, 9.17) is 0 Å².